The summed E-state index contributed by atoms with van der Waals surface area (Å²) in [6.07, 6.45) is -6.43. The quantitative estimate of drug-likeness (QED) is 0.459. The first kappa shape index (κ1) is 29.7. The van der Waals surface area contributed by atoms with Gasteiger partial charge >= 0.3 is 12.3 Å². The number of halogens is 5. The highest BCUT2D eigenvalue weighted by Gasteiger charge is 2.51. The van der Waals surface area contributed by atoms with Gasteiger partial charge in [-0.3, -0.25) is 9.62 Å². The van der Waals surface area contributed by atoms with Gasteiger partial charge in [-0.15, -0.1) is 0 Å². The molecule has 2 N–H and O–H groups in total. The Bertz CT molecular complexity index is 1450. The van der Waals surface area contributed by atoms with Crippen LogP contribution in [0.1, 0.15) is 13.8 Å². The van der Waals surface area contributed by atoms with Crippen LogP contribution in [0.5, 0.6) is 5.75 Å². The van der Waals surface area contributed by atoms with Gasteiger partial charge in [0.2, 0.25) is 15.6 Å². The van der Waals surface area contributed by atoms with E-state index in [0.29, 0.717) is 13.8 Å². The fraction of sp³-hybridized carbons (Fsp3) is 0.381. The highest BCUT2D eigenvalue weighted by atomic mass is 35.5. The molecule has 0 radical (unpaired) electrons. The SMILES string of the molecule is CC(C)(OC(=O)Nc1ccc2c(c1)N(S(=O)(=O)c1ccc(F)c(Cl)c1)C[C@H](CNS(C)(=O)=O)O2)C(F)(F)F. The lowest BCUT2D eigenvalue weighted by Gasteiger charge is -2.35. The van der Waals surface area contributed by atoms with Crippen LogP contribution >= 0.6 is 11.6 Å². The summed E-state index contributed by atoms with van der Waals surface area (Å²) < 4.78 is 116. The number of hydrogen-bond acceptors (Lipinski definition) is 7. The van der Waals surface area contributed by atoms with Crippen LogP contribution in [0.15, 0.2) is 41.3 Å². The molecule has 0 aromatic heterocycles. The van der Waals surface area contributed by atoms with Gasteiger partial charge < -0.3 is 9.47 Å². The Morgan fingerprint density at radius 2 is 1.82 bits per heavy atom. The maximum atomic E-state index is 13.7. The van der Waals surface area contributed by atoms with Crippen LogP contribution < -0.4 is 19.1 Å². The molecule has 0 spiro atoms. The molecule has 0 aliphatic carbocycles. The van der Waals surface area contributed by atoms with Crippen LogP contribution in [-0.4, -0.2) is 60.2 Å². The van der Waals surface area contributed by atoms with E-state index in [-0.39, 0.29) is 23.7 Å². The van der Waals surface area contributed by atoms with E-state index in [9.17, 15) is 39.2 Å². The van der Waals surface area contributed by atoms with Gasteiger partial charge in [-0.1, -0.05) is 11.6 Å². The molecule has 10 nitrogen and oxygen atoms in total. The number of alkyl halides is 3. The monoisotopic (exact) mass is 603 g/mol. The van der Waals surface area contributed by atoms with Crippen LogP contribution in [0, 0.1) is 5.82 Å². The number of anilines is 2. The third kappa shape index (κ3) is 6.78. The molecule has 3 rings (SSSR count). The number of carbonyl (C=O) groups excluding carboxylic acids is 1. The average molecular weight is 604 g/mol. The molecule has 38 heavy (non-hydrogen) atoms. The zero-order chi connectivity index (χ0) is 28.7. The maximum absolute atomic E-state index is 13.7. The lowest BCUT2D eigenvalue weighted by Crippen LogP contribution is -2.48. The molecule has 1 atom stereocenters. The molecule has 1 amide bonds. The number of nitrogens with one attached hydrogen (secondary N) is 2. The Morgan fingerprint density at radius 3 is 2.39 bits per heavy atom. The van der Waals surface area contributed by atoms with E-state index in [1.54, 1.807) is 0 Å². The van der Waals surface area contributed by atoms with Crippen molar-refractivity contribution < 1.29 is 48.7 Å². The number of ether oxygens (including phenoxy) is 2. The van der Waals surface area contributed by atoms with E-state index in [1.807, 2.05) is 0 Å². The number of sulfonamides is 2. The van der Waals surface area contributed by atoms with Gasteiger partial charge in [0.25, 0.3) is 10.0 Å². The van der Waals surface area contributed by atoms with Crippen LogP contribution in [-0.2, 0) is 24.8 Å². The average Bonchev–Trinajstić information content (AvgIpc) is 2.77. The molecule has 17 heteroatoms. The number of benzene rings is 2. The third-order valence-electron chi connectivity index (χ3n) is 5.22. The fourth-order valence-electron chi connectivity index (χ4n) is 3.17. The molecular weight excluding hydrogens is 582 g/mol. The van der Waals surface area contributed by atoms with E-state index in [2.05, 4.69) is 14.8 Å². The van der Waals surface area contributed by atoms with Gasteiger partial charge in [0.15, 0.2) is 0 Å². The summed E-state index contributed by atoms with van der Waals surface area (Å²) in [6.45, 7) is 0.565. The summed E-state index contributed by atoms with van der Waals surface area (Å²) in [5.41, 5.74) is -3.10. The Morgan fingerprint density at radius 1 is 1.16 bits per heavy atom. The van der Waals surface area contributed by atoms with Gasteiger partial charge in [-0.05, 0) is 50.2 Å². The minimum absolute atomic E-state index is 0.0529. The molecular formula is C21H22ClF4N3O7S2. The Kier molecular flexibility index (Phi) is 8.13. The van der Waals surface area contributed by atoms with Crippen LogP contribution in [0.3, 0.4) is 0 Å². The highest BCUT2D eigenvalue weighted by molar-refractivity contribution is 7.92. The summed E-state index contributed by atoms with van der Waals surface area (Å²) in [4.78, 5) is 11.7. The van der Waals surface area contributed by atoms with E-state index in [0.717, 1.165) is 34.8 Å². The smallest absolute Gasteiger partial charge is 0.427 e. The first-order valence-electron chi connectivity index (χ1n) is 10.6. The van der Waals surface area contributed by atoms with Crippen molar-refractivity contribution >= 4 is 49.1 Å². The molecule has 2 aromatic rings. The van der Waals surface area contributed by atoms with Crippen molar-refractivity contribution in [1.82, 2.24) is 4.72 Å². The molecule has 0 unspecified atom stereocenters. The van der Waals surface area contributed by atoms with Crippen molar-refractivity contribution in [3.05, 3.63) is 47.2 Å². The standard InChI is InChI=1S/C21H22ClF4N3O7S2/c1-20(2,21(24,25)26)36-19(30)28-12-4-7-18-17(8-12)29(11-13(35-18)10-27-37(3,31)32)38(33,34)14-5-6-16(23)15(22)9-14/h4-9,13,27H,10-11H2,1-3H3,(H,28,30)/t13-/m0/s1. The van der Waals surface area contributed by atoms with Crippen LogP contribution in [0.4, 0.5) is 33.7 Å². The fourth-order valence-corrected chi connectivity index (χ4v) is 5.42. The second-order valence-electron chi connectivity index (χ2n) is 8.68. The van der Waals surface area contributed by atoms with E-state index in [4.69, 9.17) is 16.3 Å². The molecule has 1 aliphatic heterocycles. The molecule has 1 heterocycles. The molecule has 0 bridgehead atoms. The van der Waals surface area contributed by atoms with Crippen molar-refractivity contribution in [3.8, 4) is 5.75 Å². The molecule has 0 saturated heterocycles. The second-order valence-corrected chi connectivity index (χ2v) is 12.8. The lowest BCUT2D eigenvalue weighted by molar-refractivity contribution is -0.242. The van der Waals surface area contributed by atoms with E-state index >= 15 is 0 Å². The van der Waals surface area contributed by atoms with Crippen LogP contribution in [0.25, 0.3) is 0 Å². The van der Waals surface area contributed by atoms with E-state index < -0.39 is 66.3 Å². The summed E-state index contributed by atoms with van der Waals surface area (Å²) in [5.74, 6) is -0.919. The highest BCUT2D eigenvalue weighted by Crippen LogP contribution is 2.40. The summed E-state index contributed by atoms with van der Waals surface area (Å²) >= 11 is 5.75. The molecule has 1 aliphatic rings. The second kappa shape index (κ2) is 10.4. The first-order chi connectivity index (χ1) is 17.3. The zero-order valence-corrected chi connectivity index (χ0v) is 22.4. The topological polar surface area (TPSA) is 131 Å². The summed E-state index contributed by atoms with van der Waals surface area (Å²) in [5, 5.41) is 1.63. The normalized spacial score (nSPS) is 16.4. The van der Waals surface area contributed by atoms with Gasteiger partial charge in [0, 0.05) is 12.2 Å². The molecule has 210 valence electrons. The van der Waals surface area contributed by atoms with Gasteiger partial charge in [-0.2, -0.15) is 13.2 Å². The maximum Gasteiger partial charge on any atom is 0.427 e. The minimum atomic E-state index is -4.86. The number of nitrogens with zero attached hydrogens (tertiary/aromatic N) is 1. The van der Waals surface area contributed by atoms with Crippen LogP contribution in [0.2, 0.25) is 5.02 Å². The predicted octanol–water partition coefficient (Wildman–Crippen LogP) is 3.87. The molecule has 2 aromatic carbocycles. The number of amides is 1. The van der Waals surface area contributed by atoms with Crippen molar-refractivity contribution in [1.29, 1.82) is 0 Å². The van der Waals surface area contributed by atoms with E-state index in [1.165, 1.54) is 12.1 Å². The first-order valence-corrected chi connectivity index (χ1v) is 14.3. The van der Waals surface area contributed by atoms with Crippen molar-refractivity contribution in [2.24, 2.45) is 0 Å². The van der Waals surface area contributed by atoms with Gasteiger partial charge in [0.05, 0.1) is 28.4 Å². The zero-order valence-electron chi connectivity index (χ0n) is 20.0. The van der Waals surface area contributed by atoms with Gasteiger partial charge in [-0.25, -0.2) is 30.7 Å². The lowest BCUT2D eigenvalue weighted by atomic mass is 10.1. The molecule has 0 fully saturated rings. The predicted molar refractivity (Wildman–Crippen MR) is 130 cm³/mol. The summed E-state index contributed by atoms with van der Waals surface area (Å²) in [6, 6.07) is 6.24. The van der Waals surface area contributed by atoms with Crippen molar-refractivity contribution in [2.75, 3.05) is 29.0 Å². The van der Waals surface area contributed by atoms with Crippen molar-refractivity contribution in [2.45, 2.75) is 36.6 Å². The molecule has 0 saturated carbocycles. The Hall–Kier alpha value is -2.82. The largest absolute Gasteiger partial charge is 0.485 e. The Balaban J connectivity index is 1.99. The summed E-state index contributed by atoms with van der Waals surface area (Å²) in [7, 11) is -8.12. The Labute approximate surface area is 221 Å². The third-order valence-corrected chi connectivity index (χ3v) is 7.98. The number of fused-ring (bicyclic) bond motifs is 1. The number of rotatable bonds is 7. The van der Waals surface area contributed by atoms with Crippen molar-refractivity contribution in [3.63, 3.8) is 0 Å². The van der Waals surface area contributed by atoms with Gasteiger partial charge in [0.1, 0.15) is 17.7 Å². The number of hydrogen-bond donors (Lipinski definition) is 2. The number of carbonyl (C=O) groups is 1. The minimum Gasteiger partial charge on any atom is -0.485 e.